The van der Waals surface area contributed by atoms with Crippen molar-refractivity contribution in [2.45, 2.75) is 45.2 Å². The summed E-state index contributed by atoms with van der Waals surface area (Å²) in [5.74, 6) is 2.64. The van der Waals surface area contributed by atoms with Crippen LogP contribution < -0.4 is 0 Å². The van der Waals surface area contributed by atoms with Crippen LogP contribution in [0.3, 0.4) is 0 Å². The van der Waals surface area contributed by atoms with Crippen LogP contribution in [0.4, 0.5) is 0 Å². The third-order valence-electron chi connectivity index (χ3n) is 5.51. The van der Waals surface area contributed by atoms with Gasteiger partial charge >= 0.3 is 0 Å². The summed E-state index contributed by atoms with van der Waals surface area (Å²) in [5, 5.41) is 15.3. The molecule has 1 aliphatic rings. The van der Waals surface area contributed by atoms with Crippen LogP contribution in [0.15, 0.2) is 16.5 Å². The monoisotopic (exact) mass is 389 g/mol. The summed E-state index contributed by atoms with van der Waals surface area (Å²) in [6, 6.07) is 4.28. The van der Waals surface area contributed by atoms with E-state index in [2.05, 4.69) is 34.0 Å². The molecule has 0 aliphatic carbocycles. The van der Waals surface area contributed by atoms with E-state index < -0.39 is 0 Å². The second-order valence-corrected chi connectivity index (χ2v) is 8.43. The fourth-order valence-corrected chi connectivity index (χ4v) is 4.98. The molecule has 7 nitrogen and oxygen atoms in total. The minimum atomic E-state index is -0.148. The molecule has 0 amide bonds. The number of aromatic nitrogens is 3. The zero-order valence-electron chi connectivity index (χ0n) is 16.3. The molecule has 4 rings (SSSR count). The molecular formula is C19H27N5O2S. The zero-order chi connectivity index (χ0) is 19.1. The third kappa shape index (κ3) is 3.37. The van der Waals surface area contributed by atoms with Gasteiger partial charge in [-0.3, -0.25) is 4.90 Å². The largest absolute Gasteiger partial charge is 0.492 e. The summed E-state index contributed by atoms with van der Waals surface area (Å²) in [4.78, 5) is 10.8. The van der Waals surface area contributed by atoms with Crippen molar-refractivity contribution < 1.29 is 9.52 Å². The first-order valence-electron chi connectivity index (χ1n) is 9.52. The number of aryl methyl sites for hydroxylation is 2. The van der Waals surface area contributed by atoms with Crippen LogP contribution in [-0.2, 0) is 6.42 Å². The molecule has 4 heterocycles. The van der Waals surface area contributed by atoms with Gasteiger partial charge in [0.15, 0.2) is 5.82 Å². The fraction of sp³-hybridized carbons (Fsp3) is 0.579. The van der Waals surface area contributed by atoms with Gasteiger partial charge < -0.3 is 14.4 Å². The first-order valence-corrected chi connectivity index (χ1v) is 10.3. The van der Waals surface area contributed by atoms with Gasteiger partial charge in [0.1, 0.15) is 17.6 Å². The predicted octanol–water partition coefficient (Wildman–Crippen LogP) is 3.08. The Balaban J connectivity index is 1.74. The van der Waals surface area contributed by atoms with Crippen molar-refractivity contribution in [3.63, 3.8) is 0 Å². The number of furan rings is 1. The van der Waals surface area contributed by atoms with Crippen LogP contribution in [0.1, 0.15) is 48.0 Å². The zero-order valence-corrected chi connectivity index (χ0v) is 17.2. The van der Waals surface area contributed by atoms with E-state index in [0.717, 1.165) is 59.5 Å². The predicted molar refractivity (Wildman–Crippen MR) is 105 cm³/mol. The average Bonchev–Trinajstić information content (AvgIpc) is 3.33. The van der Waals surface area contributed by atoms with Crippen LogP contribution in [0.5, 0.6) is 5.88 Å². The molecule has 1 aliphatic heterocycles. The highest BCUT2D eigenvalue weighted by molar-refractivity contribution is 7.17. The molecule has 146 valence electrons. The third-order valence-corrected chi connectivity index (χ3v) is 6.58. The molecule has 1 N–H and O–H groups in total. The lowest BCUT2D eigenvalue weighted by atomic mass is 10.0. The van der Waals surface area contributed by atoms with Gasteiger partial charge in [-0.2, -0.15) is 4.52 Å². The molecular weight excluding hydrogens is 362 g/mol. The molecule has 3 aromatic heterocycles. The Labute approximate surface area is 163 Å². The lowest BCUT2D eigenvalue weighted by Gasteiger charge is -2.38. The van der Waals surface area contributed by atoms with Crippen LogP contribution >= 0.6 is 11.3 Å². The molecule has 0 spiro atoms. The maximum atomic E-state index is 10.9. The quantitative estimate of drug-likeness (QED) is 0.723. The van der Waals surface area contributed by atoms with E-state index in [9.17, 15) is 5.11 Å². The number of piperidine rings is 1. The normalized spacial score (nSPS) is 18.0. The van der Waals surface area contributed by atoms with E-state index in [1.807, 2.05) is 26.0 Å². The summed E-state index contributed by atoms with van der Waals surface area (Å²) >= 11 is 1.49. The van der Waals surface area contributed by atoms with E-state index in [-0.39, 0.29) is 11.9 Å². The van der Waals surface area contributed by atoms with Gasteiger partial charge in [-0.05, 0) is 59.1 Å². The number of fused-ring (bicyclic) bond motifs is 1. The smallest absolute Gasteiger partial charge is 0.230 e. The Morgan fingerprint density at radius 3 is 2.70 bits per heavy atom. The maximum Gasteiger partial charge on any atom is 0.230 e. The number of aromatic hydroxyl groups is 1. The summed E-state index contributed by atoms with van der Waals surface area (Å²) in [7, 11) is 4.30. The molecule has 1 fully saturated rings. The van der Waals surface area contributed by atoms with Gasteiger partial charge in [-0.25, -0.2) is 4.98 Å². The van der Waals surface area contributed by atoms with Crippen molar-refractivity contribution in [2.75, 3.05) is 27.2 Å². The number of likely N-dealkylation sites (tertiary alicyclic amines) is 1. The van der Waals surface area contributed by atoms with Crippen molar-refractivity contribution in [3.05, 3.63) is 34.4 Å². The molecule has 1 unspecified atom stereocenters. The molecule has 8 heteroatoms. The summed E-state index contributed by atoms with van der Waals surface area (Å²) in [6.07, 6.45) is 2.95. The van der Waals surface area contributed by atoms with E-state index in [0.29, 0.717) is 6.04 Å². The van der Waals surface area contributed by atoms with Gasteiger partial charge in [-0.15, -0.1) is 5.10 Å². The Hall–Kier alpha value is -1.90. The highest BCUT2D eigenvalue weighted by Gasteiger charge is 2.34. The molecule has 27 heavy (non-hydrogen) atoms. The lowest BCUT2D eigenvalue weighted by Crippen LogP contribution is -2.43. The average molecular weight is 390 g/mol. The van der Waals surface area contributed by atoms with Crippen LogP contribution in [0.2, 0.25) is 0 Å². The van der Waals surface area contributed by atoms with Crippen molar-refractivity contribution in [3.8, 4) is 5.88 Å². The SMILES string of the molecule is CCc1nc2sc(C(c3ccc(C)o3)N(C)C3CCN(C)CC3)c(O)n2n1. The van der Waals surface area contributed by atoms with Gasteiger partial charge in [0.25, 0.3) is 0 Å². The van der Waals surface area contributed by atoms with Crippen molar-refractivity contribution in [2.24, 2.45) is 0 Å². The number of rotatable bonds is 5. The van der Waals surface area contributed by atoms with Crippen molar-refractivity contribution in [1.82, 2.24) is 24.4 Å². The van der Waals surface area contributed by atoms with E-state index >= 15 is 0 Å². The first-order chi connectivity index (χ1) is 13.0. The number of thiazole rings is 1. The van der Waals surface area contributed by atoms with E-state index in [1.165, 1.54) is 11.3 Å². The Kier molecular flexibility index (Phi) is 4.96. The Morgan fingerprint density at radius 1 is 1.37 bits per heavy atom. The van der Waals surface area contributed by atoms with E-state index in [4.69, 9.17) is 4.42 Å². The highest BCUT2D eigenvalue weighted by atomic mass is 32.1. The topological polar surface area (TPSA) is 70.0 Å². The molecule has 0 aromatic carbocycles. The van der Waals surface area contributed by atoms with Gasteiger partial charge in [0.2, 0.25) is 10.8 Å². The Bertz CT molecular complexity index is 922. The molecule has 1 atom stereocenters. The van der Waals surface area contributed by atoms with Gasteiger partial charge in [0.05, 0.1) is 4.88 Å². The molecule has 0 radical (unpaired) electrons. The fourth-order valence-electron chi connectivity index (χ4n) is 3.85. The Morgan fingerprint density at radius 2 is 2.11 bits per heavy atom. The van der Waals surface area contributed by atoms with Crippen molar-refractivity contribution >= 4 is 16.3 Å². The second kappa shape index (κ2) is 7.26. The second-order valence-electron chi connectivity index (χ2n) is 7.42. The minimum Gasteiger partial charge on any atom is -0.492 e. The molecule has 3 aromatic rings. The number of nitrogens with zero attached hydrogens (tertiary/aromatic N) is 5. The first kappa shape index (κ1) is 18.5. The summed E-state index contributed by atoms with van der Waals surface area (Å²) in [5.41, 5.74) is 0. The number of hydrogen-bond donors (Lipinski definition) is 1. The molecule has 0 saturated carbocycles. The van der Waals surface area contributed by atoms with Crippen LogP contribution in [-0.4, -0.2) is 62.7 Å². The number of hydrogen-bond acceptors (Lipinski definition) is 7. The lowest BCUT2D eigenvalue weighted by molar-refractivity contribution is 0.112. The summed E-state index contributed by atoms with van der Waals surface area (Å²) in [6.45, 7) is 6.13. The standard InChI is InChI=1S/C19H27N5O2S/c1-5-15-20-19-24(21-15)18(25)17(27-19)16(14-7-6-12(2)26-14)23(4)13-8-10-22(3)11-9-13/h6-7,13,16,25H,5,8-11H2,1-4H3. The highest BCUT2D eigenvalue weighted by Crippen LogP contribution is 2.41. The van der Waals surface area contributed by atoms with Crippen LogP contribution in [0, 0.1) is 6.92 Å². The van der Waals surface area contributed by atoms with Gasteiger partial charge in [-0.1, -0.05) is 18.3 Å². The van der Waals surface area contributed by atoms with E-state index in [1.54, 1.807) is 4.52 Å². The summed E-state index contributed by atoms with van der Waals surface area (Å²) < 4.78 is 7.56. The van der Waals surface area contributed by atoms with Gasteiger partial charge in [0, 0.05) is 12.5 Å². The van der Waals surface area contributed by atoms with Crippen molar-refractivity contribution in [1.29, 1.82) is 0 Å². The molecule has 1 saturated heterocycles. The minimum absolute atomic E-state index is 0.148. The maximum absolute atomic E-state index is 10.9. The molecule has 0 bridgehead atoms. The van der Waals surface area contributed by atoms with Crippen LogP contribution in [0.25, 0.3) is 4.96 Å².